The average molecular weight is 933 g/mol. The van der Waals surface area contributed by atoms with Gasteiger partial charge in [0.2, 0.25) is 5.91 Å². The van der Waals surface area contributed by atoms with Crippen LogP contribution in [0.2, 0.25) is 0 Å². The van der Waals surface area contributed by atoms with Crippen LogP contribution in [-0.2, 0) is 35.6 Å². The first kappa shape index (κ1) is 50.0. The second-order valence-corrected chi connectivity index (χ2v) is 15.1. The molecule has 2 heterocycles. The smallest absolute Gasteiger partial charge is 0.328 e. The van der Waals surface area contributed by atoms with Crippen LogP contribution in [0.3, 0.4) is 0 Å². The van der Waals surface area contributed by atoms with Crippen LogP contribution in [0, 0.1) is 0 Å². The lowest BCUT2D eigenvalue weighted by Crippen LogP contribution is -2.23. The van der Waals surface area contributed by atoms with E-state index in [4.69, 9.17) is 48.1 Å². The van der Waals surface area contributed by atoms with E-state index in [1.54, 1.807) is 65.2 Å². The van der Waals surface area contributed by atoms with Crippen molar-refractivity contribution in [1.82, 2.24) is 5.32 Å². The van der Waals surface area contributed by atoms with E-state index in [9.17, 15) is 9.59 Å². The number of ether oxygens (including phenoxy) is 6. The van der Waals surface area contributed by atoms with Crippen LogP contribution in [0.5, 0.6) is 34.5 Å². The Morgan fingerprint density at radius 3 is 1.43 bits per heavy atom. The van der Waals surface area contributed by atoms with Crippen molar-refractivity contribution in [3.63, 3.8) is 0 Å². The summed E-state index contributed by atoms with van der Waals surface area (Å²) in [5.41, 5.74) is 12.9. The topological polar surface area (TPSA) is 174 Å². The molecule has 6 aromatic carbocycles. The summed E-state index contributed by atoms with van der Waals surface area (Å²) in [4.78, 5) is 22.8. The monoisotopic (exact) mass is 932 g/mol. The molecule has 0 aliphatic carbocycles. The number of fused-ring (bicyclic) bond motifs is 2. The molecule has 0 saturated heterocycles. The lowest BCUT2D eigenvalue weighted by molar-refractivity contribution is -0.131. The van der Waals surface area contributed by atoms with Crippen LogP contribution in [0.15, 0.2) is 167 Å². The summed E-state index contributed by atoms with van der Waals surface area (Å²) in [7, 11) is 6.43. The van der Waals surface area contributed by atoms with Gasteiger partial charge in [0.15, 0.2) is 45.7 Å². The number of nitrogens with one attached hydrogen (secondary N) is 1. The zero-order valence-electron chi connectivity index (χ0n) is 39.0. The normalized spacial score (nSPS) is 10.8. The van der Waals surface area contributed by atoms with E-state index in [2.05, 4.69) is 5.32 Å². The third kappa shape index (κ3) is 14.5. The molecule has 0 bridgehead atoms. The number of carboxylic acid groups (broad SMARTS) is 1. The molecule has 8 rings (SSSR count). The molecule has 0 saturated carbocycles. The molecule has 13 nitrogen and oxygen atoms in total. The standard InChI is InChI=1S/C28H27NO5.C16H19NO2.C12H10O4/c1-31-24-11-8-20(18-26(24)34-19-21-6-4-3-5-7-21)14-16-29-27(30)13-10-22-9-12-25(32-2)28-23(22)15-17-33-28;1-18-15-8-7-13(9-10-17)11-16(15)19-12-14-5-3-2-4-6-14;1-15-10-4-2-8(3-5-11(13)14)9-6-7-16-12(9)10/h3-13,15,17-18H,14,16,19H2,1-2H3,(H,29,30);2-8,11H,9-10,12,17H2,1H3;2-7H,1H3,(H,13,14)/b13-10+;;5-3+. The van der Waals surface area contributed by atoms with Gasteiger partial charge in [-0.15, -0.1) is 0 Å². The summed E-state index contributed by atoms with van der Waals surface area (Å²) in [5, 5.41) is 13.2. The maximum Gasteiger partial charge on any atom is 0.328 e. The second-order valence-electron chi connectivity index (χ2n) is 15.1. The molecule has 0 unspecified atom stereocenters. The van der Waals surface area contributed by atoms with Crippen LogP contribution in [0.4, 0.5) is 0 Å². The molecule has 2 aromatic heterocycles. The van der Waals surface area contributed by atoms with Crippen molar-refractivity contribution >= 4 is 46.0 Å². The van der Waals surface area contributed by atoms with Gasteiger partial charge in [0, 0.05) is 29.5 Å². The molecule has 8 aromatic rings. The van der Waals surface area contributed by atoms with Crippen molar-refractivity contribution in [1.29, 1.82) is 0 Å². The highest BCUT2D eigenvalue weighted by atomic mass is 16.5. The van der Waals surface area contributed by atoms with Crippen molar-refractivity contribution in [2.24, 2.45) is 5.73 Å². The Labute approximate surface area is 401 Å². The van der Waals surface area contributed by atoms with Crippen LogP contribution < -0.4 is 39.5 Å². The molecule has 4 N–H and O–H groups in total. The van der Waals surface area contributed by atoms with E-state index in [1.807, 2.05) is 115 Å². The molecule has 69 heavy (non-hydrogen) atoms. The largest absolute Gasteiger partial charge is 0.493 e. The Balaban J connectivity index is 0.000000188. The number of carboxylic acids is 1. The number of furan rings is 2. The molecular formula is C56H56N2O11. The number of aliphatic carboxylic acids is 1. The minimum absolute atomic E-state index is 0.165. The third-order valence-corrected chi connectivity index (χ3v) is 10.6. The number of rotatable bonds is 19. The number of carbonyl (C=O) groups excluding carboxylic acids is 1. The number of hydrogen-bond acceptors (Lipinski definition) is 11. The lowest BCUT2D eigenvalue weighted by Gasteiger charge is -2.12. The van der Waals surface area contributed by atoms with Gasteiger partial charge in [0.25, 0.3) is 0 Å². The molecular weight excluding hydrogens is 877 g/mol. The number of carbonyl (C=O) groups is 2. The van der Waals surface area contributed by atoms with E-state index >= 15 is 0 Å². The zero-order valence-corrected chi connectivity index (χ0v) is 39.0. The number of hydrogen-bond donors (Lipinski definition) is 3. The average Bonchev–Trinajstić information content (AvgIpc) is 4.09. The minimum atomic E-state index is -0.979. The lowest BCUT2D eigenvalue weighted by atomic mass is 10.1. The summed E-state index contributed by atoms with van der Waals surface area (Å²) in [6.45, 7) is 2.11. The minimum Gasteiger partial charge on any atom is -0.493 e. The number of benzene rings is 6. The first-order valence-electron chi connectivity index (χ1n) is 22.1. The SMILES string of the molecule is COc1ccc(/C=C/C(=O)O)c2ccoc12.COc1ccc(CCN)cc1OCc1ccccc1.COc1ccc(CCNC(=O)/C=C/c2ccc(OC)c3occc23)cc1OCc1ccccc1. The summed E-state index contributed by atoms with van der Waals surface area (Å²) >= 11 is 0. The van der Waals surface area contributed by atoms with Gasteiger partial charge in [-0.25, -0.2) is 4.79 Å². The maximum atomic E-state index is 12.3. The van der Waals surface area contributed by atoms with Gasteiger partial charge >= 0.3 is 5.97 Å². The summed E-state index contributed by atoms with van der Waals surface area (Å²) in [5.74, 6) is 3.01. The Morgan fingerprint density at radius 2 is 0.986 bits per heavy atom. The summed E-state index contributed by atoms with van der Waals surface area (Å²) < 4.78 is 43.8. The Morgan fingerprint density at radius 1 is 0.536 bits per heavy atom. The van der Waals surface area contributed by atoms with Gasteiger partial charge in [-0.05, 0) is 113 Å². The maximum absolute atomic E-state index is 12.3. The number of nitrogens with two attached hydrogens (primary N) is 1. The van der Waals surface area contributed by atoms with E-state index in [0.717, 1.165) is 68.1 Å². The van der Waals surface area contributed by atoms with Crippen LogP contribution >= 0.6 is 0 Å². The highest BCUT2D eigenvalue weighted by Crippen LogP contribution is 2.33. The fraction of sp³-hybridized carbons (Fsp3) is 0.179. The van der Waals surface area contributed by atoms with Crippen LogP contribution in [0.25, 0.3) is 34.1 Å². The Bertz CT molecular complexity index is 2940. The molecule has 13 heteroatoms. The third-order valence-electron chi connectivity index (χ3n) is 10.6. The summed E-state index contributed by atoms with van der Waals surface area (Å²) in [6.07, 6.45) is 10.6. The van der Waals surface area contributed by atoms with Crippen LogP contribution in [0.1, 0.15) is 33.4 Å². The molecule has 0 spiro atoms. The molecule has 1 amide bonds. The van der Waals surface area contributed by atoms with Gasteiger partial charge in [-0.2, -0.15) is 0 Å². The predicted molar refractivity (Wildman–Crippen MR) is 268 cm³/mol. The fourth-order valence-electron chi connectivity index (χ4n) is 7.06. The van der Waals surface area contributed by atoms with Crippen LogP contribution in [-0.4, -0.2) is 58.5 Å². The van der Waals surface area contributed by atoms with Gasteiger partial charge in [-0.1, -0.05) is 84.9 Å². The van der Waals surface area contributed by atoms with E-state index in [-0.39, 0.29) is 5.91 Å². The van der Waals surface area contributed by atoms with E-state index in [1.165, 1.54) is 12.2 Å². The predicted octanol–water partition coefficient (Wildman–Crippen LogP) is 10.7. The Kier molecular flexibility index (Phi) is 18.9. The molecule has 0 aliphatic heterocycles. The van der Waals surface area contributed by atoms with Crippen molar-refractivity contribution in [3.05, 3.63) is 192 Å². The van der Waals surface area contributed by atoms with Crippen molar-refractivity contribution in [3.8, 4) is 34.5 Å². The second kappa shape index (κ2) is 26.1. The Hall–Kier alpha value is -8.42. The van der Waals surface area contributed by atoms with Crippen molar-refractivity contribution in [2.45, 2.75) is 26.1 Å². The summed E-state index contributed by atoms with van der Waals surface area (Å²) in [6, 6.07) is 42.7. The molecule has 0 atom stereocenters. The van der Waals surface area contributed by atoms with Gasteiger partial charge in [0.05, 0.1) is 41.0 Å². The molecule has 0 aliphatic rings. The van der Waals surface area contributed by atoms with Crippen molar-refractivity contribution < 1.29 is 52.0 Å². The fourth-order valence-corrected chi connectivity index (χ4v) is 7.06. The van der Waals surface area contributed by atoms with Gasteiger partial charge < -0.3 is 53.4 Å². The van der Waals surface area contributed by atoms with E-state index in [0.29, 0.717) is 66.9 Å². The number of amides is 1. The number of methoxy groups -OCH3 is 4. The zero-order chi connectivity index (χ0) is 48.8. The molecule has 0 fully saturated rings. The quantitative estimate of drug-likeness (QED) is 0.0656. The molecule has 356 valence electrons. The van der Waals surface area contributed by atoms with E-state index < -0.39 is 5.97 Å². The van der Waals surface area contributed by atoms with Gasteiger partial charge in [0.1, 0.15) is 13.2 Å². The van der Waals surface area contributed by atoms with Crippen molar-refractivity contribution in [2.75, 3.05) is 41.5 Å². The molecule has 0 radical (unpaired) electrons. The highest BCUT2D eigenvalue weighted by Gasteiger charge is 2.11. The highest BCUT2D eigenvalue weighted by molar-refractivity contribution is 5.97. The first-order chi connectivity index (χ1) is 33.7. The van der Waals surface area contributed by atoms with Gasteiger partial charge in [-0.3, -0.25) is 4.79 Å². The first-order valence-corrected chi connectivity index (χ1v) is 22.1.